The van der Waals surface area contributed by atoms with Crippen molar-refractivity contribution in [2.75, 3.05) is 0 Å². The standard InChI is InChI=1S/C16H15N3.C7H8BrN.Pt/c1-3-7-14(8-4-1)11-16-17-13-19(18-16)12-15-9-5-2-6-10-15;8-7-3-1-6(5-9)2-4-7;/h1-10H,11-12H2,(H,17,18);1-4H,5,9H2;. The quantitative estimate of drug-likeness (QED) is 0.332. The second-order valence-electron chi connectivity index (χ2n) is 6.48. The van der Waals surface area contributed by atoms with Crippen LogP contribution in [0.15, 0.2) is 89.4 Å². The van der Waals surface area contributed by atoms with Crippen LogP contribution in [0.1, 0.15) is 22.5 Å². The molecule has 4 nitrogen and oxygen atoms in total. The number of benzene rings is 3. The van der Waals surface area contributed by atoms with Gasteiger partial charge >= 0.3 is 129 Å². The van der Waals surface area contributed by atoms with Crippen LogP contribution in [0, 0.1) is 3.80 Å². The summed E-state index contributed by atoms with van der Waals surface area (Å²) >= 11 is 5.59. The Bertz CT molecular complexity index is 1060. The minimum atomic E-state index is 0.618. The number of hydrogen-bond acceptors (Lipinski definition) is 2. The van der Waals surface area contributed by atoms with E-state index >= 15 is 0 Å². The van der Waals surface area contributed by atoms with E-state index in [2.05, 4.69) is 98.6 Å². The van der Waals surface area contributed by atoms with Crippen molar-refractivity contribution < 1.29 is 19.4 Å². The summed E-state index contributed by atoms with van der Waals surface area (Å²) in [5.41, 5.74) is 9.09. The van der Waals surface area contributed by atoms with Gasteiger partial charge in [0, 0.05) is 11.0 Å². The maximum atomic E-state index is 5.38. The Hall–Kier alpha value is -2.07. The second-order valence-corrected chi connectivity index (χ2v) is 8.41. The van der Waals surface area contributed by atoms with Crippen LogP contribution < -0.4 is 5.73 Å². The van der Waals surface area contributed by atoms with E-state index < -0.39 is 0 Å². The fourth-order valence-corrected chi connectivity index (χ4v) is 3.62. The molecular formula is C23H23BrN4Pt. The number of rotatable bonds is 5. The van der Waals surface area contributed by atoms with Crippen molar-refractivity contribution in [2.45, 2.75) is 19.5 Å². The average Bonchev–Trinajstić information content (AvgIpc) is 3.09. The topological polar surface area (TPSA) is 59.6 Å². The van der Waals surface area contributed by atoms with Crippen molar-refractivity contribution in [2.24, 2.45) is 5.73 Å². The third-order valence-corrected chi connectivity index (χ3v) is 5.63. The Morgan fingerprint density at radius 2 is 1.41 bits per heavy atom. The van der Waals surface area contributed by atoms with Crippen LogP contribution in [0.3, 0.4) is 0 Å². The molecular weight excluding hydrogens is 607 g/mol. The van der Waals surface area contributed by atoms with Gasteiger partial charge in [-0.3, -0.25) is 0 Å². The van der Waals surface area contributed by atoms with E-state index in [1.807, 2.05) is 36.4 Å². The molecule has 0 aliphatic heterocycles. The van der Waals surface area contributed by atoms with Crippen LogP contribution in [0.2, 0.25) is 0 Å². The van der Waals surface area contributed by atoms with Gasteiger partial charge in [0.25, 0.3) is 0 Å². The zero-order valence-corrected chi connectivity index (χ0v) is 19.7. The number of H-pyrrole nitrogens is 1. The van der Waals surface area contributed by atoms with Crippen LogP contribution in [-0.2, 0) is 38.9 Å². The molecule has 1 heterocycles. The number of hydrogen-bond donors (Lipinski definition) is 2. The predicted molar refractivity (Wildman–Crippen MR) is 117 cm³/mol. The molecule has 0 aliphatic carbocycles. The zero-order valence-electron chi connectivity index (χ0n) is 15.9. The second kappa shape index (κ2) is 11.2. The third kappa shape index (κ3) is 7.04. The number of aromatic nitrogens is 3. The number of nitrogens with zero attached hydrogens (tertiary/aromatic N) is 2. The van der Waals surface area contributed by atoms with Gasteiger partial charge in [0.05, 0.1) is 0 Å². The van der Waals surface area contributed by atoms with Crippen LogP contribution in [-0.4, -0.2) is 14.8 Å². The van der Waals surface area contributed by atoms with Gasteiger partial charge in [-0.05, 0) is 17.7 Å². The minimum absolute atomic E-state index is 0.618. The third-order valence-electron chi connectivity index (χ3n) is 4.24. The van der Waals surface area contributed by atoms with Crippen molar-refractivity contribution in [3.05, 3.63) is 116 Å². The number of aromatic amines is 1. The van der Waals surface area contributed by atoms with E-state index in [1.54, 1.807) is 0 Å². The summed E-state index contributed by atoms with van der Waals surface area (Å²) in [6.45, 7) is 1.44. The normalized spacial score (nSPS) is 10.3. The van der Waals surface area contributed by atoms with Gasteiger partial charge in [0.2, 0.25) is 0 Å². The Labute approximate surface area is 190 Å². The molecule has 0 unspecified atom stereocenters. The average molecular weight is 630 g/mol. The molecule has 0 bridgehead atoms. The molecule has 0 radical (unpaired) electrons. The van der Waals surface area contributed by atoms with E-state index in [0.29, 0.717) is 6.54 Å². The Kier molecular flexibility index (Phi) is 8.35. The fourth-order valence-electron chi connectivity index (χ4n) is 2.74. The first-order valence-electron chi connectivity index (χ1n) is 9.27. The Morgan fingerprint density at radius 1 is 0.828 bits per heavy atom. The van der Waals surface area contributed by atoms with E-state index in [9.17, 15) is 0 Å². The Morgan fingerprint density at radius 3 is 2.00 bits per heavy atom. The van der Waals surface area contributed by atoms with E-state index in [0.717, 1.165) is 27.1 Å². The zero-order chi connectivity index (χ0) is 20.5. The molecule has 0 saturated carbocycles. The summed E-state index contributed by atoms with van der Waals surface area (Å²) < 4.78 is 4.16. The molecule has 0 aliphatic rings. The van der Waals surface area contributed by atoms with Crippen LogP contribution >= 0.6 is 15.9 Å². The van der Waals surface area contributed by atoms with Gasteiger partial charge in [-0.1, -0.05) is 28.1 Å². The number of nitrogens with one attached hydrogen (secondary N) is 1. The van der Waals surface area contributed by atoms with Crippen LogP contribution in [0.5, 0.6) is 0 Å². The van der Waals surface area contributed by atoms with E-state index in [1.165, 1.54) is 16.7 Å². The summed E-state index contributed by atoms with van der Waals surface area (Å²) in [4.78, 5) is 4.60. The van der Waals surface area contributed by atoms with Crippen molar-refractivity contribution in [3.8, 4) is 0 Å². The summed E-state index contributed by atoms with van der Waals surface area (Å²) in [7, 11) is 0. The van der Waals surface area contributed by atoms with E-state index in [4.69, 9.17) is 5.73 Å². The van der Waals surface area contributed by atoms with E-state index in [-0.39, 0.29) is 0 Å². The molecule has 0 amide bonds. The molecule has 0 spiro atoms. The first kappa shape index (κ1) is 21.6. The number of halogens is 1. The number of nitrogens with two attached hydrogens (primary N) is 1. The summed E-state index contributed by atoms with van der Waals surface area (Å²) in [5.74, 6) is 0.997. The molecule has 0 saturated heterocycles. The van der Waals surface area contributed by atoms with Crippen molar-refractivity contribution >= 4 is 15.9 Å². The molecule has 3 N–H and O–H groups in total. The maximum absolute atomic E-state index is 5.38. The fraction of sp³-hybridized carbons (Fsp3) is 0.130. The molecule has 0 atom stereocenters. The molecule has 152 valence electrons. The van der Waals surface area contributed by atoms with Gasteiger partial charge < -0.3 is 5.73 Å². The summed E-state index contributed by atoms with van der Waals surface area (Å²) in [6.07, 6.45) is 0.832. The monoisotopic (exact) mass is 629 g/mol. The molecule has 29 heavy (non-hydrogen) atoms. The molecule has 1 aromatic heterocycles. The first-order chi connectivity index (χ1) is 14.1. The molecule has 4 rings (SSSR count). The Balaban J connectivity index is 0.000000224. The van der Waals surface area contributed by atoms with Crippen molar-refractivity contribution in [3.63, 3.8) is 0 Å². The molecule has 3 aromatic carbocycles. The van der Waals surface area contributed by atoms with Crippen molar-refractivity contribution in [1.29, 1.82) is 0 Å². The van der Waals surface area contributed by atoms with Crippen LogP contribution in [0.4, 0.5) is 0 Å². The van der Waals surface area contributed by atoms with Gasteiger partial charge in [-0.25, -0.2) is 0 Å². The van der Waals surface area contributed by atoms with Gasteiger partial charge in [0.1, 0.15) is 0 Å². The molecule has 6 heteroatoms. The van der Waals surface area contributed by atoms with Gasteiger partial charge in [-0.2, -0.15) is 0 Å². The van der Waals surface area contributed by atoms with Gasteiger partial charge in [0.15, 0.2) is 0 Å². The SMILES string of the molecule is NCc1ccc(Br)cc1.[Pt]=[c]1nc(Cc2ccccc2)[nH]n1Cc1ccccc1. The molecule has 4 aromatic rings. The summed E-state index contributed by atoms with van der Waals surface area (Å²) in [6, 6.07) is 28.8. The molecule has 0 fully saturated rings. The van der Waals surface area contributed by atoms with Crippen molar-refractivity contribution in [1.82, 2.24) is 14.8 Å². The first-order valence-corrected chi connectivity index (χ1v) is 11.2. The predicted octanol–water partition coefficient (Wildman–Crippen LogP) is 4.84. The van der Waals surface area contributed by atoms with Gasteiger partial charge in [-0.15, -0.1) is 0 Å². The summed E-state index contributed by atoms with van der Waals surface area (Å²) in [5, 5.41) is 3.38. The van der Waals surface area contributed by atoms with Crippen LogP contribution in [0.25, 0.3) is 0 Å².